The largest absolute Gasteiger partial charge is 0.491 e. The number of anilines is 1. The molecule has 0 radical (unpaired) electrons. The third kappa shape index (κ3) is 3.63. The van der Waals surface area contributed by atoms with Crippen molar-refractivity contribution in [2.24, 2.45) is 5.92 Å². The normalized spacial score (nSPS) is 15.5. The van der Waals surface area contributed by atoms with Crippen molar-refractivity contribution in [2.75, 3.05) is 11.9 Å². The van der Waals surface area contributed by atoms with Crippen molar-refractivity contribution in [1.29, 1.82) is 0 Å². The van der Waals surface area contributed by atoms with Crippen molar-refractivity contribution in [2.45, 2.75) is 32.6 Å². The van der Waals surface area contributed by atoms with Crippen LogP contribution in [0.1, 0.15) is 32.6 Å². The lowest BCUT2D eigenvalue weighted by Crippen LogP contribution is -2.20. The summed E-state index contributed by atoms with van der Waals surface area (Å²) in [6.45, 7) is 2.44. The van der Waals surface area contributed by atoms with Crippen molar-refractivity contribution >= 4 is 39.1 Å². The lowest BCUT2D eigenvalue weighted by atomic mass is 10.1. The summed E-state index contributed by atoms with van der Waals surface area (Å²) in [5.41, 5.74) is 0.637. The summed E-state index contributed by atoms with van der Waals surface area (Å²) in [4.78, 5) is 12.2. The molecule has 1 fully saturated rings. The maximum atomic E-state index is 12.2. The van der Waals surface area contributed by atoms with E-state index in [-0.39, 0.29) is 11.8 Å². The molecule has 1 amide bonds. The summed E-state index contributed by atoms with van der Waals surface area (Å²) < 4.78 is 6.32. The fraction of sp³-hybridized carbons (Fsp3) is 0.500. The van der Waals surface area contributed by atoms with Crippen LogP contribution in [0.3, 0.4) is 0 Å². The number of rotatable bonds is 4. The van der Waals surface area contributed by atoms with Crippen LogP contribution in [-0.4, -0.2) is 12.5 Å². The minimum absolute atomic E-state index is 0.0626. The zero-order chi connectivity index (χ0) is 13.8. The monoisotopic (exact) mass is 345 g/mol. The van der Waals surface area contributed by atoms with Gasteiger partial charge in [-0.3, -0.25) is 4.79 Å². The number of carbonyl (C=O) groups excluding carboxylic acids is 1. The van der Waals surface area contributed by atoms with Crippen LogP contribution in [0.2, 0.25) is 5.02 Å². The summed E-state index contributed by atoms with van der Waals surface area (Å²) in [5.74, 6) is 0.818. The second-order valence-electron chi connectivity index (χ2n) is 4.67. The predicted molar refractivity (Wildman–Crippen MR) is 80.9 cm³/mol. The van der Waals surface area contributed by atoms with Crippen LogP contribution in [0.15, 0.2) is 16.6 Å². The molecule has 1 aliphatic rings. The quantitative estimate of drug-likeness (QED) is 0.863. The van der Waals surface area contributed by atoms with Gasteiger partial charge in [0.25, 0.3) is 0 Å². The number of hydrogen-bond acceptors (Lipinski definition) is 2. The highest BCUT2D eigenvalue weighted by molar-refractivity contribution is 9.10. The maximum absolute atomic E-state index is 12.2. The lowest BCUT2D eigenvalue weighted by molar-refractivity contribution is -0.119. The lowest BCUT2D eigenvalue weighted by Gasteiger charge is -2.16. The van der Waals surface area contributed by atoms with Crippen LogP contribution in [0.5, 0.6) is 5.75 Å². The Morgan fingerprint density at radius 3 is 2.79 bits per heavy atom. The summed E-state index contributed by atoms with van der Waals surface area (Å²) >= 11 is 9.44. The number of benzene rings is 1. The van der Waals surface area contributed by atoms with Crippen LogP contribution in [-0.2, 0) is 4.79 Å². The van der Waals surface area contributed by atoms with Crippen molar-refractivity contribution < 1.29 is 9.53 Å². The van der Waals surface area contributed by atoms with Gasteiger partial charge in [-0.05, 0) is 47.8 Å². The molecular formula is C14H17BrClNO2. The number of halogens is 2. The molecule has 1 aromatic rings. The van der Waals surface area contributed by atoms with E-state index in [1.807, 2.05) is 6.92 Å². The predicted octanol–water partition coefficient (Wildman–Crippen LogP) is 4.63. The third-order valence-electron chi connectivity index (χ3n) is 3.28. The molecule has 0 aliphatic heterocycles. The van der Waals surface area contributed by atoms with E-state index in [9.17, 15) is 4.79 Å². The molecule has 0 atom stereocenters. The van der Waals surface area contributed by atoms with E-state index in [0.29, 0.717) is 23.1 Å². The molecule has 0 spiro atoms. The van der Waals surface area contributed by atoms with Crippen LogP contribution in [0.4, 0.5) is 5.69 Å². The smallest absolute Gasteiger partial charge is 0.227 e. The average molecular weight is 347 g/mol. The molecule has 1 saturated carbocycles. The Bertz CT molecular complexity index is 473. The molecule has 1 N–H and O–H groups in total. The highest BCUT2D eigenvalue weighted by Gasteiger charge is 2.24. The van der Waals surface area contributed by atoms with Gasteiger partial charge in [0.2, 0.25) is 5.91 Å². The third-order valence-corrected chi connectivity index (χ3v) is 4.09. The van der Waals surface area contributed by atoms with Gasteiger partial charge in [-0.25, -0.2) is 0 Å². The molecule has 104 valence electrons. The van der Waals surface area contributed by atoms with Crippen molar-refractivity contribution in [3.8, 4) is 5.75 Å². The minimum Gasteiger partial charge on any atom is -0.491 e. The van der Waals surface area contributed by atoms with Gasteiger partial charge in [0, 0.05) is 10.9 Å². The van der Waals surface area contributed by atoms with Crippen molar-refractivity contribution in [3.05, 3.63) is 21.6 Å². The van der Waals surface area contributed by atoms with Crippen LogP contribution < -0.4 is 10.1 Å². The van der Waals surface area contributed by atoms with E-state index in [1.54, 1.807) is 12.1 Å². The van der Waals surface area contributed by atoms with E-state index in [2.05, 4.69) is 21.2 Å². The number of carbonyl (C=O) groups is 1. The summed E-state index contributed by atoms with van der Waals surface area (Å²) in [7, 11) is 0. The molecular weight excluding hydrogens is 330 g/mol. The van der Waals surface area contributed by atoms with Crippen LogP contribution in [0.25, 0.3) is 0 Å². The number of hydrogen-bond donors (Lipinski definition) is 1. The summed E-state index contributed by atoms with van der Waals surface area (Å²) in [6.07, 6.45) is 4.21. The standard InChI is InChI=1S/C14H17BrClNO2/c1-2-19-13-11(15)7-10(16)8-12(13)17-14(18)9-5-3-4-6-9/h7-9H,2-6H2,1H3,(H,17,18). The fourth-order valence-electron chi connectivity index (χ4n) is 2.37. The maximum Gasteiger partial charge on any atom is 0.227 e. The van der Waals surface area contributed by atoms with Gasteiger partial charge in [-0.15, -0.1) is 0 Å². The second-order valence-corrected chi connectivity index (χ2v) is 5.96. The van der Waals surface area contributed by atoms with E-state index in [4.69, 9.17) is 16.3 Å². The highest BCUT2D eigenvalue weighted by atomic mass is 79.9. The first-order chi connectivity index (χ1) is 9.11. The van der Waals surface area contributed by atoms with Gasteiger partial charge in [-0.1, -0.05) is 24.4 Å². The number of ether oxygens (including phenoxy) is 1. The number of amides is 1. The Morgan fingerprint density at radius 2 is 2.16 bits per heavy atom. The molecule has 0 unspecified atom stereocenters. The number of nitrogens with one attached hydrogen (secondary N) is 1. The first-order valence-corrected chi connectivity index (χ1v) is 7.71. The molecule has 3 nitrogen and oxygen atoms in total. The molecule has 1 aliphatic carbocycles. The van der Waals surface area contributed by atoms with Gasteiger partial charge >= 0.3 is 0 Å². The Kier molecular flexibility index (Phi) is 5.11. The van der Waals surface area contributed by atoms with E-state index in [0.717, 1.165) is 30.2 Å². The Hall–Kier alpha value is -0.740. The topological polar surface area (TPSA) is 38.3 Å². The Morgan fingerprint density at radius 1 is 1.47 bits per heavy atom. The van der Waals surface area contributed by atoms with Gasteiger partial charge in [0.15, 0.2) is 5.75 Å². The average Bonchev–Trinajstić information content (AvgIpc) is 2.87. The summed E-state index contributed by atoms with van der Waals surface area (Å²) in [6, 6.07) is 3.49. The Labute approximate surface area is 126 Å². The molecule has 5 heteroatoms. The molecule has 1 aromatic carbocycles. The molecule has 0 bridgehead atoms. The molecule has 19 heavy (non-hydrogen) atoms. The highest BCUT2D eigenvalue weighted by Crippen LogP contribution is 2.37. The van der Waals surface area contributed by atoms with Crippen molar-refractivity contribution in [1.82, 2.24) is 0 Å². The first-order valence-electron chi connectivity index (χ1n) is 6.54. The van der Waals surface area contributed by atoms with Gasteiger partial charge in [0.1, 0.15) is 0 Å². The van der Waals surface area contributed by atoms with Gasteiger partial charge < -0.3 is 10.1 Å². The second kappa shape index (κ2) is 6.62. The fourth-order valence-corrected chi connectivity index (χ4v) is 3.29. The zero-order valence-corrected chi connectivity index (χ0v) is 13.2. The molecule has 0 aromatic heterocycles. The Balaban J connectivity index is 2.20. The van der Waals surface area contributed by atoms with E-state index >= 15 is 0 Å². The minimum atomic E-state index is 0.0626. The molecule has 0 heterocycles. The van der Waals surface area contributed by atoms with Crippen LogP contribution in [0, 0.1) is 5.92 Å². The van der Waals surface area contributed by atoms with Gasteiger partial charge in [0.05, 0.1) is 16.8 Å². The van der Waals surface area contributed by atoms with E-state index in [1.165, 1.54) is 0 Å². The SMILES string of the molecule is CCOc1c(Br)cc(Cl)cc1NC(=O)C1CCCC1. The van der Waals surface area contributed by atoms with Gasteiger partial charge in [-0.2, -0.15) is 0 Å². The molecule has 0 saturated heterocycles. The zero-order valence-electron chi connectivity index (χ0n) is 10.8. The summed E-state index contributed by atoms with van der Waals surface area (Å²) in [5, 5.41) is 3.51. The molecule has 2 rings (SSSR count). The van der Waals surface area contributed by atoms with Crippen molar-refractivity contribution in [3.63, 3.8) is 0 Å². The first kappa shape index (κ1) is 14.7. The van der Waals surface area contributed by atoms with E-state index < -0.39 is 0 Å². The van der Waals surface area contributed by atoms with Crippen LogP contribution >= 0.6 is 27.5 Å².